The minimum atomic E-state index is -0.587. The van der Waals surface area contributed by atoms with Crippen molar-refractivity contribution in [1.29, 1.82) is 0 Å². The Morgan fingerprint density at radius 3 is 2.85 bits per heavy atom. The average molecular weight is 275 g/mol. The van der Waals surface area contributed by atoms with Crippen LogP contribution in [0, 0.1) is 10.1 Å². The molecule has 0 atom stereocenters. The van der Waals surface area contributed by atoms with E-state index in [1.807, 2.05) is 0 Å². The Bertz CT molecular complexity index is 639. The van der Waals surface area contributed by atoms with Crippen LogP contribution in [0.3, 0.4) is 0 Å². The summed E-state index contributed by atoms with van der Waals surface area (Å²) in [7, 11) is 1.61. The molecule has 0 saturated heterocycles. The highest BCUT2D eigenvalue weighted by Gasteiger charge is 2.17. The fraction of sp³-hybridized carbons (Fsp3) is 0.167. The van der Waals surface area contributed by atoms with Crippen LogP contribution in [0.2, 0.25) is 0 Å². The van der Waals surface area contributed by atoms with E-state index < -0.39 is 4.92 Å². The van der Waals surface area contributed by atoms with E-state index in [9.17, 15) is 14.9 Å². The van der Waals surface area contributed by atoms with Gasteiger partial charge in [0.05, 0.1) is 11.5 Å². The van der Waals surface area contributed by atoms with Gasteiger partial charge >= 0.3 is 0 Å². The van der Waals surface area contributed by atoms with Gasteiger partial charge < -0.3 is 15.6 Å². The Kier molecular flexibility index (Phi) is 3.65. The van der Waals surface area contributed by atoms with Crippen LogP contribution >= 0.6 is 0 Å². The molecule has 8 heteroatoms. The van der Waals surface area contributed by atoms with Gasteiger partial charge in [0, 0.05) is 31.1 Å². The topological polar surface area (TPSA) is 118 Å². The smallest absolute Gasteiger partial charge is 0.292 e. The predicted octanol–water partition coefficient (Wildman–Crippen LogP) is 1.17. The highest BCUT2D eigenvalue weighted by Crippen LogP contribution is 2.22. The van der Waals surface area contributed by atoms with Crippen molar-refractivity contribution in [3.63, 3.8) is 0 Å². The molecule has 0 aliphatic heterocycles. The molecule has 0 aliphatic rings. The second-order valence-corrected chi connectivity index (χ2v) is 4.23. The fourth-order valence-electron chi connectivity index (χ4n) is 1.76. The summed E-state index contributed by atoms with van der Waals surface area (Å²) in [6.07, 6.45) is 3.26. The molecular weight excluding hydrogens is 262 g/mol. The first-order chi connectivity index (χ1) is 9.49. The SMILES string of the molecule is CN(Cc1ncc[nH]1)C(=O)c1ccc([N+](=O)[O-])c(N)c1. The van der Waals surface area contributed by atoms with Crippen LogP contribution in [0.4, 0.5) is 11.4 Å². The summed E-state index contributed by atoms with van der Waals surface area (Å²) in [6, 6.07) is 3.91. The van der Waals surface area contributed by atoms with Crippen molar-refractivity contribution in [2.75, 3.05) is 12.8 Å². The number of rotatable bonds is 4. The van der Waals surface area contributed by atoms with E-state index in [4.69, 9.17) is 5.73 Å². The lowest BCUT2D eigenvalue weighted by molar-refractivity contribution is -0.383. The molecule has 0 bridgehead atoms. The van der Waals surface area contributed by atoms with Crippen LogP contribution < -0.4 is 5.73 Å². The first kappa shape index (κ1) is 13.5. The number of aromatic amines is 1. The number of hydrogen-bond acceptors (Lipinski definition) is 5. The zero-order valence-corrected chi connectivity index (χ0v) is 10.7. The molecule has 8 nitrogen and oxygen atoms in total. The number of nitro groups is 1. The summed E-state index contributed by atoms with van der Waals surface area (Å²) >= 11 is 0. The minimum absolute atomic E-state index is 0.0350. The highest BCUT2D eigenvalue weighted by molar-refractivity contribution is 5.95. The van der Waals surface area contributed by atoms with Crippen molar-refractivity contribution in [2.45, 2.75) is 6.54 Å². The molecule has 2 rings (SSSR count). The zero-order chi connectivity index (χ0) is 14.7. The largest absolute Gasteiger partial charge is 0.393 e. The maximum Gasteiger partial charge on any atom is 0.292 e. The van der Waals surface area contributed by atoms with Crippen LogP contribution in [-0.4, -0.2) is 32.7 Å². The van der Waals surface area contributed by atoms with E-state index in [-0.39, 0.29) is 17.3 Å². The maximum atomic E-state index is 12.2. The summed E-state index contributed by atoms with van der Waals surface area (Å²) in [6.45, 7) is 0.308. The third kappa shape index (κ3) is 2.74. The standard InChI is InChI=1S/C12H13N5O3/c1-16(7-11-14-4-5-15-11)12(18)8-2-3-10(17(19)20)9(13)6-8/h2-6H,7,13H2,1H3,(H,14,15). The number of benzene rings is 1. The first-order valence-electron chi connectivity index (χ1n) is 5.76. The van der Waals surface area contributed by atoms with Crippen molar-refractivity contribution in [3.05, 3.63) is 52.1 Å². The molecule has 1 amide bonds. The van der Waals surface area contributed by atoms with Crippen LogP contribution in [0.15, 0.2) is 30.6 Å². The van der Waals surface area contributed by atoms with Gasteiger partial charge in [0.25, 0.3) is 11.6 Å². The van der Waals surface area contributed by atoms with Crippen LogP contribution in [0.25, 0.3) is 0 Å². The number of nitrogens with two attached hydrogens (primary N) is 1. The third-order valence-corrected chi connectivity index (χ3v) is 2.76. The molecule has 1 aromatic heterocycles. The summed E-state index contributed by atoms with van der Waals surface area (Å²) in [5.74, 6) is 0.360. The molecule has 0 aliphatic carbocycles. The van der Waals surface area contributed by atoms with Gasteiger partial charge in [-0.1, -0.05) is 0 Å². The molecule has 0 saturated carbocycles. The van der Waals surface area contributed by atoms with Gasteiger partial charge in [-0.25, -0.2) is 4.98 Å². The molecule has 3 N–H and O–H groups in total. The molecular formula is C12H13N5O3. The number of nitrogens with one attached hydrogen (secondary N) is 1. The normalized spacial score (nSPS) is 10.2. The Hall–Kier alpha value is -2.90. The lowest BCUT2D eigenvalue weighted by atomic mass is 10.1. The van der Waals surface area contributed by atoms with Gasteiger partial charge in [-0.3, -0.25) is 14.9 Å². The van der Waals surface area contributed by atoms with Gasteiger partial charge in [0.15, 0.2) is 0 Å². The fourth-order valence-corrected chi connectivity index (χ4v) is 1.76. The second-order valence-electron chi connectivity index (χ2n) is 4.23. The lowest BCUT2D eigenvalue weighted by Crippen LogP contribution is -2.26. The molecule has 0 fully saturated rings. The van der Waals surface area contributed by atoms with Crippen LogP contribution in [-0.2, 0) is 6.54 Å². The third-order valence-electron chi connectivity index (χ3n) is 2.76. The minimum Gasteiger partial charge on any atom is -0.393 e. The van der Waals surface area contributed by atoms with Crippen LogP contribution in [0.5, 0.6) is 0 Å². The number of hydrogen-bond donors (Lipinski definition) is 2. The van der Waals surface area contributed by atoms with Crippen molar-refractivity contribution >= 4 is 17.3 Å². The second kappa shape index (κ2) is 5.39. The Morgan fingerprint density at radius 2 is 2.30 bits per heavy atom. The van der Waals surface area contributed by atoms with Crippen molar-refractivity contribution in [1.82, 2.24) is 14.9 Å². The lowest BCUT2D eigenvalue weighted by Gasteiger charge is -2.16. The summed E-state index contributed by atoms with van der Waals surface area (Å²) in [5, 5.41) is 10.7. The number of nitrogen functional groups attached to an aromatic ring is 1. The van der Waals surface area contributed by atoms with Crippen LogP contribution in [0.1, 0.15) is 16.2 Å². The molecule has 0 unspecified atom stereocenters. The monoisotopic (exact) mass is 275 g/mol. The summed E-state index contributed by atoms with van der Waals surface area (Å²) < 4.78 is 0. The Morgan fingerprint density at radius 1 is 1.55 bits per heavy atom. The van der Waals surface area contributed by atoms with E-state index >= 15 is 0 Å². The number of carbonyl (C=O) groups excluding carboxylic acids is 1. The molecule has 2 aromatic rings. The molecule has 1 heterocycles. The Labute approximate surface area is 114 Å². The van der Waals surface area contributed by atoms with Gasteiger partial charge in [0.1, 0.15) is 11.5 Å². The van der Waals surface area contributed by atoms with E-state index in [2.05, 4.69) is 9.97 Å². The average Bonchev–Trinajstić information content (AvgIpc) is 2.90. The zero-order valence-electron chi connectivity index (χ0n) is 10.7. The molecule has 20 heavy (non-hydrogen) atoms. The molecule has 0 radical (unpaired) electrons. The first-order valence-corrected chi connectivity index (χ1v) is 5.76. The predicted molar refractivity (Wildman–Crippen MR) is 71.9 cm³/mol. The van der Waals surface area contributed by atoms with Gasteiger partial charge in [-0.15, -0.1) is 0 Å². The molecule has 1 aromatic carbocycles. The van der Waals surface area contributed by atoms with Crippen molar-refractivity contribution in [3.8, 4) is 0 Å². The summed E-state index contributed by atoms with van der Waals surface area (Å²) in [4.78, 5) is 30.6. The number of imidazole rings is 1. The number of aromatic nitrogens is 2. The van der Waals surface area contributed by atoms with Crippen molar-refractivity contribution in [2.24, 2.45) is 0 Å². The number of H-pyrrole nitrogens is 1. The molecule has 0 spiro atoms. The van der Waals surface area contributed by atoms with E-state index in [1.54, 1.807) is 19.4 Å². The number of carbonyl (C=O) groups is 1. The van der Waals surface area contributed by atoms with E-state index in [1.165, 1.54) is 23.1 Å². The Balaban J connectivity index is 2.16. The van der Waals surface area contributed by atoms with E-state index in [0.717, 1.165) is 0 Å². The van der Waals surface area contributed by atoms with Crippen molar-refractivity contribution < 1.29 is 9.72 Å². The molecule has 104 valence electrons. The van der Waals surface area contributed by atoms with Gasteiger partial charge in [-0.2, -0.15) is 0 Å². The number of amides is 1. The number of anilines is 1. The quantitative estimate of drug-likeness (QED) is 0.493. The number of nitrogens with zero attached hydrogens (tertiary/aromatic N) is 3. The number of nitro benzene ring substituents is 1. The highest BCUT2D eigenvalue weighted by atomic mass is 16.6. The van der Waals surface area contributed by atoms with E-state index in [0.29, 0.717) is 17.9 Å². The maximum absolute atomic E-state index is 12.2. The summed E-state index contributed by atoms with van der Waals surface area (Å²) in [5.41, 5.74) is 5.61. The van der Waals surface area contributed by atoms with Gasteiger partial charge in [0.2, 0.25) is 0 Å². The van der Waals surface area contributed by atoms with Gasteiger partial charge in [-0.05, 0) is 12.1 Å².